The predicted molar refractivity (Wildman–Crippen MR) is 72.5 cm³/mol. The predicted octanol–water partition coefficient (Wildman–Crippen LogP) is 3.55. The smallest absolute Gasteiger partial charge is 0.448 e. The van der Waals surface area contributed by atoms with Crippen molar-refractivity contribution in [3.63, 3.8) is 0 Å². The number of benzene rings is 1. The zero-order valence-electron chi connectivity index (χ0n) is 10.1. The summed E-state index contributed by atoms with van der Waals surface area (Å²) in [6.45, 7) is -3.36. The Kier molecular flexibility index (Phi) is 3.55. The Balaban J connectivity index is 2.38. The Morgan fingerprint density at radius 1 is 1.28 bits per heavy atom. The molecule has 1 aromatic rings. The number of fused-ring (bicyclic) bond motifs is 1. The molecule has 18 heavy (non-hydrogen) atoms. The van der Waals surface area contributed by atoms with Gasteiger partial charge in [0.2, 0.25) is 0 Å². The molecule has 94 valence electrons. The monoisotopic (exact) mass is 250 g/mol. The zero-order valence-corrected chi connectivity index (χ0v) is 10.1. The maximum Gasteiger partial charge on any atom is 0.495 e. The number of nitrogens with zero attached hydrogens (tertiary/aromatic N) is 1. The van der Waals surface area contributed by atoms with Crippen LogP contribution < -0.4 is 4.81 Å². The molecule has 1 heterocycles. The third-order valence-corrected chi connectivity index (χ3v) is 2.87. The Bertz CT molecular complexity index is 482. The molecule has 1 aliphatic rings. The van der Waals surface area contributed by atoms with E-state index in [0.29, 0.717) is 5.69 Å². The fourth-order valence-corrected chi connectivity index (χ4v) is 2.17. The summed E-state index contributed by atoms with van der Waals surface area (Å²) in [4.78, 5) is 1.40. The number of allylic oxidation sites excluding steroid dienone is 1. The van der Waals surface area contributed by atoms with E-state index < -0.39 is 13.4 Å². The first-order valence-electron chi connectivity index (χ1n) is 5.89. The van der Waals surface area contributed by atoms with Gasteiger partial charge in [0.1, 0.15) is 0 Å². The molecule has 2 rings (SSSR count). The average molecular weight is 250 g/mol. The minimum absolute atomic E-state index is 0.326. The van der Waals surface area contributed by atoms with E-state index in [1.807, 2.05) is 25.1 Å². The molecule has 0 aliphatic carbocycles. The van der Waals surface area contributed by atoms with Crippen molar-refractivity contribution >= 4 is 25.6 Å². The van der Waals surface area contributed by atoms with E-state index in [2.05, 4.69) is 0 Å². The lowest BCUT2D eigenvalue weighted by molar-refractivity contribution is 0.472. The largest absolute Gasteiger partial charge is 0.495 e. The second-order valence-corrected chi connectivity index (χ2v) is 4.30. The average Bonchev–Trinajstić information content (AvgIpc) is 2.31. The molecular weight excluding hydrogens is 237 g/mol. The summed E-state index contributed by atoms with van der Waals surface area (Å²) in [5.41, 5.74) is 1.47. The van der Waals surface area contributed by atoms with Crippen molar-refractivity contribution in [2.24, 2.45) is 0 Å². The normalized spacial score (nSPS) is 15.3. The van der Waals surface area contributed by atoms with E-state index in [1.54, 1.807) is 30.2 Å². The fourth-order valence-electron chi connectivity index (χ4n) is 2.17. The quantitative estimate of drug-likeness (QED) is 0.741. The third kappa shape index (κ3) is 2.81. The molecule has 0 saturated heterocycles. The molecule has 0 radical (unpaired) electrons. The molecule has 0 atom stereocenters. The molecule has 0 bridgehead atoms. The zero-order chi connectivity index (χ0) is 13.2. The number of hydrogen-bond acceptors (Lipinski definition) is 1. The molecule has 0 aromatic heterocycles. The van der Waals surface area contributed by atoms with Crippen LogP contribution in [0.2, 0.25) is 0 Å². The number of rotatable bonds is 3. The van der Waals surface area contributed by atoms with Crippen LogP contribution in [0.4, 0.5) is 18.6 Å². The van der Waals surface area contributed by atoms with Crippen molar-refractivity contribution in [3.8, 4) is 0 Å². The van der Waals surface area contributed by atoms with Gasteiger partial charge in [0.05, 0.1) is 0 Å². The highest BCUT2D eigenvalue weighted by atomic mass is 19.4. The van der Waals surface area contributed by atoms with Crippen LogP contribution in [0, 0.1) is 0 Å². The standard InChI is InChI=1S/C12H13B2F3N/c1-2-8-13-9-7-11-5-3-4-6-12(11)18(13)10-14(15,16)17/h2-9H,10H2,1H3/q-1/b8-2+. The first-order chi connectivity index (χ1) is 8.51. The number of para-hydroxylation sites is 1. The molecule has 0 saturated carbocycles. The van der Waals surface area contributed by atoms with Gasteiger partial charge < -0.3 is 17.8 Å². The summed E-state index contributed by atoms with van der Waals surface area (Å²) in [5.74, 6) is 3.57. The van der Waals surface area contributed by atoms with Crippen LogP contribution in [-0.2, 0) is 0 Å². The van der Waals surface area contributed by atoms with Gasteiger partial charge in [-0.3, -0.25) is 0 Å². The molecule has 0 amide bonds. The lowest BCUT2D eigenvalue weighted by Gasteiger charge is -2.36. The summed E-state index contributed by atoms with van der Waals surface area (Å²) in [7, 11) is 0. The van der Waals surface area contributed by atoms with Gasteiger partial charge in [-0.15, -0.1) is 0 Å². The first-order valence-corrected chi connectivity index (χ1v) is 5.89. The van der Waals surface area contributed by atoms with Gasteiger partial charge in [-0.25, -0.2) is 0 Å². The highest BCUT2D eigenvalue weighted by Crippen LogP contribution is 2.29. The van der Waals surface area contributed by atoms with E-state index in [1.165, 1.54) is 4.81 Å². The Morgan fingerprint density at radius 3 is 2.67 bits per heavy atom. The van der Waals surface area contributed by atoms with Gasteiger partial charge in [-0.1, -0.05) is 42.3 Å². The van der Waals surface area contributed by atoms with Crippen molar-refractivity contribution in [2.45, 2.75) is 6.92 Å². The van der Waals surface area contributed by atoms with Crippen LogP contribution in [-0.4, -0.2) is 20.3 Å². The van der Waals surface area contributed by atoms with Crippen LogP contribution in [0.5, 0.6) is 0 Å². The fraction of sp³-hybridized carbons (Fsp3) is 0.167. The van der Waals surface area contributed by atoms with Crippen LogP contribution in [0.25, 0.3) is 6.08 Å². The molecular formula is C12H13B2F3N-. The molecule has 6 heteroatoms. The second-order valence-electron chi connectivity index (χ2n) is 4.30. The molecule has 0 unspecified atom stereocenters. The van der Waals surface area contributed by atoms with E-state index in [9.17, 15) is 12.9 Å². The Morgan fingerprint density at radius 2 is 2.00 bits per heavy atom. The number of halogens is 3. The van der Waals surface area contributed by atoms with Gasteiger partial charge in [0.25, 0.3) is 0 Å². The molecule has 1 aliphatic heterocycles. The second kappa shape index (κ2) is 4.96. The summed E-state index contributed by atoms with van der Waals surface area (Å²) in [6, 6.07) is 7.16. The Hall–Kier alpha value is -1.58. The van der Waals surface area contributed by atoms with E-state index >= 15 is 0 Å². The van der Waals surface area contributed by atoms with E-state index in [4.69, 9.17) is 0 Å². The summed E-state index contributed by atoms with van der Waals surface area (Å²) in [6.07, 6.45) is 2.77. The lowest BCUT2D eigenvalue weighted by Crippen LogP contribution is -2.47. The van der Waals surface area contributed by atoms with Crippen LogP contribution >= 0.6 is 0 Å². The highest BCUT2D eigenvalue weighted by molar-refractivity contribution is 6.76. The first kappa shape index (κ1) is 12.9. The van der Waals surface area contributed by atoms with Gasteiger partial charge in [0, 0.05) is 5.69 Å². The molecule has 1 nitrogen and oxygen atoms in total. The summed E-state index contributed by atoms with van der Waals surface area (Å²) >= 11 is 0. The molecule has 0 spiro atoms. The van der Waals surface area contributed by atoms with Gasteiger partial charge in [-0.05, 0) is 25.0 Å². The van der Waals surface area contributed by atoms with Crippen molar-refractivity contribution in [1.29, 1.82) is 0 Å². The van der Waals surface area contributed by atoms with Crippen molar-refractivity contribution < 1.29 is 12.9 Å². The molecule has 0 N–H and O–H groups in total. The molecule has 1 aromatic carbocycles. The topological polar surface area (TPSA) is 3.24 Å². The van der Waals surface area contributed by atoms with E-state index in [0.717, 1.165) is 5.56 Å². The van der Waals surface area contributed by atoms with Crippen molar-refractivity contribution in [1.82, 2.24) is 0 Å². The Labute approximate surface area is 105 Å². The van der Waals surface area contributed by atoms with Crippen LogP contribution in [0.15, 0.2) is 42.3 Å². The van der Waals surface area contributed by atoms with E-state index in [-0.39, 0.29) is 6.85 Å². The van der Waals surface area contributed by atoms with Gasteiger partial charge in [-0.2, -0.15) is 0 Å². The van der Waals surface area contributed by atoms with Gasteiger partial charge in [0.15, 0.2) is 0 Å². The van der Waals surface area contributed by atoms with Crippen molar-refractivity contribution in [3.05, 3.63) is 47.9 Å². The van der Waals surface area contributed by atoms with Crippen LogP contribution in [0.3, 0.4) is 0 Å². The molecule has 0 fully saturated rings. The minimum atomic E-state index is -4.85. The lowest BCUT2D eigenvalue weighted by atomic mass is 9.56. The maximum absolute atomic E-state index is 12.7. The highest BCUT2D eigenvalue weighted by Gasteiger charge is 2.32. The third-order valence-electron chi connectivity index (χ3n) is 2.87. The minimum Gasteiger partial charge on any atom is -0.448 e. The number of hydrogen-bond donors (Lipinski definition) is 0. The summed E-state index contributed by atoms with van der Waals surface area (Å²) in [5, 5.41) is 0. The van der Waals surface area contributed by atoms with Crippen LogP contribution in [0.1, 0.15) is 12.5 Å². The van der Waals surface area contributed by atoms with Gasteiger partial charge >= 0.3 is 13.8 Å². The van der Waals surface area contributed by atoms with Crippen molar-refractivity contribution in [2.75, 3.05) is 11.3 Å². The maximum atomic E-state index is 12.7. The number of anilines is 1. The summed E-state index contributed by atoms with van der Waals surface area (Å²) < 4.78 is 38.2. The SMILES string of the molecule is C/C=C/B1C=Cc2ccccc2N1C[B-](F)(F)F.